The number of para-hydroxylation sites is 1. The van der Waals surface area contributed by atoms with Crippen LogP contribution in [0.3, 0.4) is 0 Å². The molecule has 4 rings (SSSR count). The first-order valence-electron chi connectivity index (χ1n) is 9.74. The highest BCUT2D eigenvalue weighted by Gasteiger charge is 2.28. The van der Waals surface area contributed by atoms with Crippen molar-refractivity contribution in [1.82, 2.24) is 15.1 Å². The molecule has 3 aromatic rings. The lowest BCUT2D eigenvalue weighted by Gasteiger charge is -2.36. The predicted octanol–water partition coefficient (Wildman–Crippen LogP) is 3.39. The molecule has 0 radical (unpaired) electrons. The van der Waals surface area contributed by atoms with Crippen LogP contribution in [0.2, 0.25) is 0 Å². The minimum absolute atomic E-state index is 0.0305. The van der Waals surface area contributed by atoms with Gasteiger partial charge in [-0.15, -0.1) is 10.2 Å². The summed E-state index contributed by atoms with van der Waals surface area (Å²) in [5.74, 6) is 0.444. The Balaban J connectivity index is 1.44. The topological polar surface area (TPSA) is 62.5 Å². The highest BCUT2D eigenvalue weighted by molar-refractivity contribution is 5.78. The molecule has 0 N–H and O–H groups in total. The Morgan fingerprint density at radius 1 is 1.03 bits per heavy atom. The number of amides is 1. The zero-order valence-corrected chi connectivity index (χ0v) is 16.3. The van der Waals surface area contributed by atoms with Gasteiger partial charge < -0.3 is 14.2 Å². The van der Waals surface area contributed by atoms with E-state index in [1.807, 2.05) is 46.2 Å². The van der Waals surface area contributed by atoms with E-state index in [1.54, 1.807) is 19.1 Å². The van der Waals surface area contributed by atoms with Gasteiger partial charge in [-0.05, 0) is 17.7 Å². The molecular weight excluding hydrogens is 371 g/mol. The van der Waals surface area contributed by atoms with Gasteiger partial charge in [0, 0.05) is 39.5 Å². The van der Waals surface area contributed by atoms with Crippen molar-refractivity contribution >= 4 is 11.6 Å². The minimum Gasteiger partial charge on any atom is -0.425 e. The van der Waals surface area contributed by atoms with Crippen molar-refractivity contribution in [3.8, 4) is 0 Å². The van der Waals surface area contributed by atoms with Gasteiger partial charge in [0.05, 0.1) is 11.6 Å². The molecule has 2 aromatic carbocycles. The normalized spacial score (nSPS) is 15.4. The minimum atomic E-state index is -0.283. The first-order valence-corrected chi connectivity index (χ1v) is 9.74. The number of aryl methyl sites for hydroxylation is 1. The summed E-state index contributed by atoms with van der Waals surface area (Å²) < 4.78 is 19.7. The van der Waals surface area contributed by atoms with Crippen LogP contribution >= 0.6 is 0 Å². The van der Waals surface area contributed by atoms with Crippen LogP contribution in [0.5, 0.6) is 0 Å². The molecule has 2 heterocycles. The summed E-state index contributed by atoms with van der Waals surface area (Å²) in [4.78, 5) is 16.8. The number of piperazine rings is 1. The van der Waals surface area contributed by atoms with E-state index in [0.717, 1.165) is 5.56 Å². The molecule has 1 amide bonds. The second kappa shape index (κ2) is 8.43. The van der Waals surface area contributed by atoms with Crippen molar-refractivity contribution < 1.29 is 13.6 Å². The number of anilines is 1. The Morgan fingerprint density at radius 3 is 2.38 bits per heavy atom. The summed E-state index contributed by atoms with van der Waals surface area (Å²) >= 11 is 0. The predicted molar refractivity (Wildman–Crippen MR) is 107 cm³/mol. The van der Waals surface area contributed by atoms with E-state index < -0.39 is 0 Å². The number of benzene rings is 2. The Kier molecular flexibility index (Phi) is 5.55. The summed E-state index contributed by atoms with van der Waals surface area (Å²) in [5, 5.41) is 8.07. The smallest absolute Gasteiger partial charge is 0.224 e. The molecule has 1 fully saturated rings. The third-order valence-corrected chi connectivity index (χ3v) is 5.25. The quantitative estimate of drug-likeness (QED) is 0.664. The van der Waals surface area contributed by atoms with E-state index in [-0.39, 0.29) is 24.1 Å². The van der Waals surface area contributed by atoms with Crippen LogP contribution in [0.15, 0.2) is 59.0 Å². The van der Waals surface area contributed by atoms with E-state index in [9.17, 15) is 9.18 Å². The first kappa shape index (κ1) is 19.1. The fourth-order valence-corrected chi connectivity index (χ4v) is 3.69. The van der Waals surface area contributed by atoms with Crippen LogP contribution < -0.4 is 4.90 Å². The molecular formula is C22H23FN4O2. The van der Waals surface area contributed by atoms with Gasteiger partial charge >= 0.3 is 0 Å². The SMILES string of the molecule is Cc1nnc(C(CC(=O)N2CCN(c3ccccc3F)CC2)c2ccccc2)o1. The van der Waals surface area contributed by atoms with Crippen LogP contribution in [-0.4, -0.2) is 47.2 Å². The number of hydrogen-bond acceptors (Lipinski definition) is 5. The maximum Gasteiger partial charge on any atom is 0.224 e. The van der Waals surface area contributed by atoms with Crippen LogP contribution in [0, 0.1) is 12.7 Å². The van der Waals surface area contributed by atoms with Crippen molar-refractivity contribution in [2.24, 2.45) is 0 Å². The van der Waals surface area contributed by atoms with Crippen molar-refractivity contribution in [1.29, 1.82) is 0 Å². The van der Waals surface area contributed by atoms with Crippen molar-refractivity contribution in [2.45, 2.75) is 19.3 Å². The van der Waals surface area contributed by atoms with E-state index in [0.29, 0.717) is 43.6 Å². The second-order valence-corrected chi connectivity index (χ2v) is 7.15. The molecule has 29 heavy (non-hydrogen) atoms. The lowest BCUT2D eigenvalue weighted by atomic mass is 9.95. The third kappa shape index (κ3) is 4.29. The van der Waals surface area contributed by atoms with E-state index >= 15 is 0 Å². The van der Waals surface area contributed by atoms with Gasteiger partial charge in [0.2, 0.25) is 17.7 Å². The monoisotopic (exact) mass is 394 g/mol. The summed E-state index contributed by atoms with van der Waals surface area (Å²) in [6.07, 6.45) is 0.255. The van der Waals surface area contributed by atoms with E-state index in [1.165, 1.54) is 6.07 Å². The van der Waals surface area contributed by atoms with Gasteiger partial charge in [-0.2, -0.15) is 0 Å². The zero-order valence-electron chi connectivity index (χ0n) is 16.3. The van der Waals surface area contributed by atoms with Gasteiger partial charge in [0.15, 0.2) is 0 Å². The maximum absolute atomic E-state index is 14.0. The van der Waals surface area contributed by atoms with Gasteiger partial charge in [0.1, 0.15) is 5.82 Å². The van der Waals surface area contributed by atoms with E-state index in [2.05, 4.69) is 10.2 Å². The van der Waals surface area contributed by atoms with Crippen molar-refractivity contribution in [2.75, 3.05) is 31.1 Å². The maximum atomic E-state index is 14.0. The van der Waals surface area contributed by atoms with Crippen molar-refractivity contribution in [3.63, 3.8) is 0 Å². The number of halogens is 1. The number of aromatic nitrogens is 2. The summed E-state index contributed by atoms with van der Waals surface area (Å²) in [5.41, 5.74) is 1.55. The van der Waals surface area contributed by atoms with E-state index in [4.69, 9.17) is 4.42 Å². The molecule has 0 saturated carbocycles. The standard InChI is InChI=1S/C22H23FN4O2/c1-16-24-25-22(29-16)18(17-7-3-2-4-8-17)15-21(28)27-13-11-26(12-14-27)20-10-6-5-9-19(20)23/h2-10,18H,11-15H2,1H3. The molecule has 7 heteroatoms. The highest BCUT2D eigenvalue weighted by Crippen LogP contribution is 2.28. The molecule has 1 aliphatic heterocycles. The molecule has 0 aliphatic carbocycles. The van der Waals surface area contributed by atoms with Gasteiger partial charge in [-0.25, -0.2) is 4.39 Å². The van der Waals surface area contributed by atoms with Crippen LogP contribution in [-0.2, 0) is 4.79 Å². The average molecular weight is 394 g/mol. The Labute approximate surface area is 169 Å². The Hall–Kier alpha value is -3.22. The summed E-state index contributed by atoms with van der Waals surface area (Å²) in [6.45, 7) is 4.04. The third-order valence-electron chi connectivity index (χ3n) is 5.25. The molecule has 1 atom stereocenters. The molecule has 1 aliphatic rings. The highest BCUT2D eigenvalue weighted by atomic mass is 19.1. The lowest BCUT2D eigenvalue weighted by Crippen LogP contribution is -2.49. The van der Waals surface area contributed by atoms with Gasteiger partial charge in [0.25, 0.3) is 0 Å². The van der Waals surface area contributed by atoms with Crippen LogP contribution in [0.1, 0.15) is 29.7 Å². The molecule has 1 saturated heterocycles. The van der Waals surface area contributed by atoms with Gasteiger partial charge in [-0.1, -0.05) is 42.5 Å². The molecule has 0 spiro atoms. The van der Waals surface area contributed by atoms with Crippen molar-refractivity contribution in [3.05, 3.63) is 77.8 Å². The number of hydrogen-bond donors (Lipinski definition) is 0. The molecule has 1 unspecified atom stereocenters. The molecule has 1 aromatic heterocycles. The Bertz CT molecular complexity index is 968. The molecule has 0 bridgehead atoms. The fourth-order valence-electron chi connectivity index (χ4n) is 3.69. The van der Waals surface area contributed by atoms with Crippen LogP contribution in [0.25, 0.3) is 0 Å². The zero-order chi connectivity index (χ0) is 20.2. The van der Waals surface area contributed by atoms with Crippen LogP contribution in [0.4, 0.5) is 10.1 Å². The number of carbonyl (C=O) groups is 1. The second-order valence-electron chi connectivity index (χ2n) is 7.15. The number of nitrogens with zero attached hydrogens (tertiary/aromatic N) is 4. The average Bonchev–Trinajstić information content (AvgIpc) is 3.19. The molecule has 6 nitrogen and oxygen atoms in total. The first-order chi connectivity index (χ1) is 14.1. The fraction of sp³-hybridized carbons (Fsp3) is 0.318. The lowest BCUT2D eigenvalue weighted by molar-refractivity contribution is -0.131. The Morgan fingerprint density at radius 2 is 1.72 bits per heavy atom. The summed E-state index contributed by atoms with van der Waals surface area (Å²) in [6, 6.07) is 16.5. The number of carbonyl (C=O) groups excluding carboxylic acids is 1. The molecule has 150 valence electrons. The van der Waals surface area contributed by atoms with Gasteiger partial charge in [-0.3, -0.25) is 4.79 Å². The largest absolute Gasteiger partial charge is 0.425 e. The number of rotatable bonds is 5. The summed E-state index contributed by atoms with van der Waals surface area (Å²) in [7, 11) is 0.